The van der Waals surface area contributed by atoms with Crippen molar-refractivity contribution in [3.8, 4) is 0 Å². The number of benzene rings is 1. The molecule has 3 heteroatoms. The van der Waals surface area contributed by atoms with Gasteiger partial charge in [-0.05, 0) is 42.5 Å². The van der Waals surface area contributed by atoms with E-state index in [1.165, 1.54) is 54.3 Å². The van der Waals surface area contributed by atoms with E-state index in [9.17, 15) is 0 Å². The van der Waals surface area contributed by atoms with E-state index in [-0.39, 0.29) is 0 Å². The molecule has 2 nitrogen and oxygen atoms in total. The van der Waals surface area contributed by atoms with Gasteiger partial charge in [-0.3, -0.25) is 0 Å². The number of H-pyrrole nitrogens is 1. The first-order valence-corrected chi connectivity index (χ1v) is 7.17. The largest absolute Gasteiger partial charge is 0.357 e. The maximum absolute atomic E-state index is 6.14. The molecule has 1 aliphatic rings. The summed E-state index contributed by atoms with van der Waals surface area (Å²) in [6.07, 6.45) is 6.61. The highest BCUT2D eigenvalue weighted by Crippen LogP contribution is 2.39. The first-order chi connectivity index (χ1) is 8.79. The predicted octanol–water partition coefficient (Wildman–Crippen LogP) is 4.33. The van der Waals surface area contributed by atoms with Gasteiger partial charge in [0.25, 0.3) is 0 Å². The van der Waals surface area contributed by atoms with E-state index < -0.39 is 0 Å². The van der Waals surface area contributed by atoms with E-state index in [1.807, 2.05) is 6.07 Å². The third-order valence-corrected chi connectivity index (χ3v) is 4.34. The van der Waals surface area contributed by atoms with Crippen molar-refractivity contribution in [3.63, 3.8) is 0 Å². The average molecular weight is 263 g/mol. The van der Waals surface area contributed by atoms with Crippen LogP contribution in [0, 0.1) is 0 Å². The molecule has 0 saturated heterocycles. The van der Waals surface area contributed by atoms with Gasteiger partial charge in [0.15, 0.2) is 0 Å². The van der Waals surface area contributed by atoms with Gasteiger partial charge in [0, 0.05) is 28.2 Å². The van der Waals surface area contributed by atoms with Gasteiger partial charge in [-0.15, -0.1) is 0 Å². The van der Waals surface area contributed by atoms with Crippen LogP contribution >= 0.6 is 11.6 Å². The normalized spacial score (nSPS) is 17.4. The van der Waals surface area contributed by atoms with Gasteiger partial charge in [0.1, 0.15) is 0 Å². The van der Waals surface area contributed by atoms with Crippen LogP contribution in [0.25, 0.3) is 10.9 Å². The van der Waals surface area contributed by atoms with Crippen molar-refractivity contribution in [2.24, 2.45) is 5.73 Å². The molecule has 1 saturated carbocycles. The third kappa shape index (κ3) is 2.04. The number of halogens is 1. The fourth-order valence-electron chi connectivity index (χ4n) is 3.26. The van der Waals surface area contributed by atoms with Crippen LogP contribution in [0.4, 0.5) is 0 Å². The van der Waals surface area contributed by atoms with Crippen molar-refractivity contribution < 1.29 is 0 Å². The van der Waals surface area contributed by atoms with Crippen LogP contribution in [-0.2, 0) is 6.54 Å². The van der Waals surface area contributed by atoms with Gasteiger partial charge < -0.3 is 10.7 Å². The molecule has 0 amide bonds. The number of hydrogen-bond donors (Lipinski definition) is 2. The minimum atomic E-state index is 0.581. The summed E-state index contributed by atoms with van der Waals surface area (Å²) in [5, 5.41) is 2.08. The summed E-state index contributed by atoms with van der Waals surface area (Å²) in [5.41, 5.74) is 9.68. The smallest absolute Gasteiger partial charge is 0.0460 e. The Bertz CT molecular complexity index is 553. The molecule has 1 fully saturated rings. The van der Waals surface area contributed by atoms with E-state index >= 15 is 0 Å². The molecule has 18 heavy (non-hydrogen) atoms. The van der Waals surface area contributed by atoms with Gasteiger partial charge in [-0.2, -0.15) is 0 Å². The van der Waals surface area contributed by atoms with Gasteiger partial charge in [0.05, 0.1) is 0 Å². The van der Waals surface area contributed by atoms with Crippen LogP contribution in [0.3, 0.4) is 0 Å². The van der Waals surface area contributed by atoms with Crippen LogP contribution in [0.1, 0.15) is 49.3 Å². The highest BCUT2D eigenvalue weighted by Gasteiger charge is 2.22. The predicted molar refractivity (Wildman–Crippen MR) is 77.0 cm³/mol. The molecule has 1 aromatic heterocycles. The number of nitrogens with two attached hydrogens (primary N) is 1. The number of fused-ring (bicyclic) bond motifs is 1. The Balaban J connectivity index is 2.14. The first-order valence-electron chi connectivity index (χ1n) is 6.79. The quantitative estimate of drug-likeness (QED) is 0.831. The highest BCUT2D eigenvalue weighted by atomic mass is 35.5. The van der Waals surface area contributed by atoms with Crippen molar-refractivity contribution in [1.29, 1.82) is 0 Å². The zero-order chi connectivity index (χ0) is 12.5. The van der Waals surface area contributed by atoms with Gasteiger partial charge in [-0.1, -0.05) is 30.9 Å². The van der Waals surface area contributed by atoms with Crippen molar-refractivity contribution >= 4 is 22.5 Å². The Morgan fingerprint density at radius 1 is 1.22 bits per heavy atom. The molecule has 0 aliphatic heterocycles. The van der Waals surface area contributed by atoms with E-state index in [4.69, 9.17) is 17.3 Å². The van der Waals surface area contributed by atoms with E-state index in [2.05, 4.69) is 17.1 Å². The lowest BCUT2D eigenvalue weighted by Crippen LogP contribution is -2.08. The van der Waals surface area contributed by atoms with Crippen LogP contribution in [0.15, 0.2) is 18.2 Å². The fourth-order valence-corrected chi connectivity index (χ4v) is 3.43. The zero-order valence-corrected chi connectivity index (χ0v) is 11.3. The van der Waals surface area contributed by atoms with Gasteiger partial charge in [0.2, 0.25) is 0 Å². The summed E-state index contributed by atoms with van der Waals surface area (Å²) >= 11 is 6.14. The third-order valence-electron chi connectivity index (χ3n) is 4.10. The minimum absolute atomic E-state index is 0.581. The molecule has 96 valence electrons. The van der Waals surface area contributed by atoms with Crippen molar-refractivity contribution in [1.82, 2.24) is 4.98 Å². The Morgan fingerprint density at radius 3 is 2.72 bits per heavy atom. The average Bonchev–Trinajstić information content (AvgIpc) is 2.77. The molecule has 1 aliphatic carbocycles. The second kappa shape index (κ2) is 4.94. The van der Waals surface area contributed by atoms with Gasteiger partial charge >= 0.3 is 0 Å². The first kappa shape index (κ1) is 12.1. The number of hydrogen-bond acceptors (Lipinski definition) is 1. The molecule has 2 aromatic rings. The molecule has 0 bridgehead atoms. The Morgan fingerprint density at radius 2 is 2.00 bits per heavy atom. The van der Waals surface area contributed by atoms with Crippen LogP contribution in [0.2, 0.25) is 5.02 Å². The maximum atomic E-state index is 6.14. The topological polar surface area (TPSA) is 41.8 Å². The molecule has 3 N–H and O–H groups in total. The van der Waals surface area contributed by atoms with Crippen molar-refractivity contribution in [2.75, 3.05) is 0 Å². The standard InChI is InChI=1S/C15H19ClN2/c16-11-6-7-13-12(8-11)15(14(9-17)18-13)10-4-2-1-3-5-10/h6-8,10,18H,1-5,9,17H2. The Labute approximate surface area is 113 Å². The zero-order valence-electron chi connectivity index (χ0n) is 10.5. The number of rotatable bonds is 2. The monoisotopic (exact) mass is 262 g/mol. The van der Waals surface area contributed by atoms with Crippen LogP contribution in [-0.4, -0.2) is 4.98 Å². The van der Waals surface area contributed by atoms with E-state index in [0.29, 0.717) is 12.5 Å². The summed E-state index contributed by atoms with van der Waals surface area (Å²) in [5.74, 6) is 0.657. The summed E-state index contributed by atoms with van der Waals surface area (Å²) in [6.45, 7) is 0.581. The second-order valence-electron chi connectivity index (χ2n) is 5.25. The van der Waals surface area contributed by atoms with Gasteiger partial charge in [-0.25, -0.2) is 0 Å². The molecular formula is C15H19ClN2. The van der Waals surface area contributed by atoms with Crippen molar-refractivity contribution in [3.05, 3.63) is 34.5 Å². The van der Waals surface area contributed by atoms with Crippen LogP contribution < -0.4 is 5.73 Å². The highest BCUT2D eigenvalue weighted by molar-refractivity contribution is 6.31. The van der Waals surface area contributed by atoms with Crippen molar-refractivity contribution in [2.45, 2.75) is 44.6 Å². The molecule has 0 spiro atoms. The molecule has 0 radical (unpaired) electrons. The SMILES string of the molecule is NCc1[nH]c2ccc(Cl)cc2c1C1CCCCC1. The second-order valence-corrected chi connectivity index (χ2v) is 5.68. The Kier molecular flexibility index (Phi) is 3.31. The van der Waals surface area contributed by atoms with Crippen LogP contribution in [0.5, 0.6) is 0 Å². The fraction of sp³-hybridized carbons (Fsp3) is 0.467. The molecule has 1 aromatic carbocycles. The minimum Gasteiger partial charge on any atom is -0.357 e. The maximum Gasteiger partial charge on any atom is 0.0460 e. The lowest BCUT2D eigenvalue weighted by atomic mass is 9.82. The molecule has 3 rings (SSSR count). The number of aromatic amines is 1. The molecule has 0 atom stereocenters. The van der Waals surface area contributed by atoms with E-state index in [0.717, 1.165) is 5.02 Å². The summed E-state index contributed by atoms with van der Waals surface area (Å²) in [6, 6.07) is 6.07. The summed E-state index contributed by atoms with van der Waals surface area (Å²) < 4.78 is 0. The summed E-state index contributed by atoms with van der Waals surface area (Å²) in [7, 11) is 0. The number of aromatic nitrogens is 1. The molecular weight excluding hydrogens is 244 g/mol. The molecule has 0 unspecified atom stereocenters. The summed E-state index contributed by atoms with van der Waals surface area (Å²) in [4.78, 5) is 3.45. The lowest BCUT2D eigenvalue weighted by molar-refractivity contribution is 0.443. The number of nitrogens with one attached hydrogen (secondary N) is 1. The lowest BCUT2D eigenvalue weighted by Gasteiger charge is -2.22. The van der Waals surface area contributed by atoms with E-state index in [1.54, 1.807) is 0 Å². The molecule has 1 heterocycles. The Hall–Kier alpha value is -0.990.